The highest BCUT2D eigenvalue weighted by Gasteiger charge is 2.62. The van der Waals surface area contributed by atoms with Crippen molar-refractivity contribution in [3.05, 3.63) is 35.4 Å². The molecule has 45 heavy (non-hydrogen) atoms. The highest BCUT2D eigenvalue weighted by atomic mass is 16.5. The van der Waals surface area contributed by atoms with Gasteiger partial charge in [-0.1, -0.05) is 30.6 Å². The molecule has 5 rings (SSSR count). The van der Waals surface area contributed by atoms with Crippen LogP contribution in [-0.2, 0) is 28.8 Å². The maximum atomic E-state index is 14.0. The minimum atomic E-state index is -0.897. The number of aliphatic carboxylic acids is 2. The second-order valence-corrected chi connectivity index (χ2v) is 12.5. The van der Waals surface area contributed by atoms with E-state index in [1.165, 1.54) is 29.0 Å². The number of rotatable bonds is 14. The molecular weight excluding hydrogens is 584 g/mol. The van der Waals surface area contributed by atoms with Crippen molar-refractivity contribution in [3.8, 4) is 11.5 Å². The lowest BCUT2D eigenvalue weighted by atomic mass is 9.57. The lowest BCUT2D eigenvalue weighted by Crippen LogP contribution is -2.43. The number of aromatic hydroxyl groups is 1. The van der Waals surface area contributed by atoms with Crippen LogP contribution >= 0.6 is 0 Å². The van der Waals surface area contributed by atoms with Crippen LogP contribution in [0, 0.1) is 29.6 Å². The molecule has 0 bridgehead atoms. The Balaban J connectivity index is 1.43. The molecule has 0 radical (unpaired) electrons. The summed E-state index contributed by atoms with van der Waals surface area (Å²) in [5.41, 5.74) is 1.45. The Bertz CT molecular complexity index is 1420. The Morgan fingerprint density at radius 1 is 0.778 bits per heavy atom. The van der Waals surface area contributed by atoms with Crippen LogP contribution in [0.2, 0.25) is 0 Å². The molecule has 1 aromatic rings. The molecule has 0 aromatic heterocycles. The molecule has 0 spiro atoms. The third-order valence-electron chi connectivity index (χ3n) is 9.93. The molecule has 4 amide bonds. The SMILES string of the molecule is COc1cc(O)ccc1C1C2=CCC3C(=O)N(CCCCCC(=O)O)C(=O)C3C2CC2C(=O)N(CCCCCC(=O)O)C(=O)C21. The topological polar surface area (TPSA) is 179 Å². The van der Waals surface area contributed by atoms with Crippen LogP contribution in [0.15, 0.2) is 29.8 Å². The third-order valence-corrected chi connectivity index (χ3v) is 9.93. The largest absolute Gasteiger partial charge is 0.508 e. The number of methoxy groups -OCH3 is 1. The Labute approximate surface area is 261 Å². The number of hydrogen-bond acceptors (Lipinski definition) is 8. The van der Waals surface area contributed by atoms with Gasteiger partial charge >= 0.3 is 11.9 Å². The summed E-state index contributed by atoms with van der Waals surface area (Å²) in [7, 11) is 1.46. The zero-order valence-corrected chi connectivity index (χ0v) is 25.4. The number of phenols is 1. The first-order valence-corrected chi connectivity index (χ1v) is 15.8. The van der Waals surface area contributed by atoms with Crippen LogP contribution in [0.4, 0.5) is 0 Å². The molecule has 3 N–H and O–H groups in total. The number of likely N-dealkylation sites (tertiary alicyclic amines) is 2. The molecule has 12 nitrogen and oxygen atoms in total. The standard InChI is InChI=1S/C33H40N2O10/c1-45-24-16-18(36)10-11-20(24)27-19-12-13-21-28(32(43)34(30(21)41)14-6-2-4-8-25(37)38)22(19)17-23-29(27)33(44)35(31(23)42)15-7-3-5-9-26(39)40/h10-12,16,21-23,27-29,36H,2-9,13-15,17H2,1H3,(H,37,38)(H,39,40). The summed E-state index contributed by atoms with van der Waals surface area (Å²) in [6.45, 7) is 0.382. The van der Waals surface area contributed by atoms with E-state index in [4.69, 9.17) is 14.9 Å². The van der Waals surface area contributed by atoms with E-state index in [9.17, 15) is 33.9 Å². The van der Waals surface area contributed by atoms with Gasteiger partial charge < -0.3 is 20.1 Å². The summed E-state index contributed by atoms with van der Waals surface area (Å²) >= 11 is 0. The number of benzene rings is 1. The lowest BCUT2D eigenvalue weighted by Gasteiger charge is -2.44. The van der Waals surface area contributed by atoms with Crippen LogP contribution in [-0.4, -0.2) is 80.9 Å². The number of carboxylic acid groups (broad SMARTS) is 2. The summed E-state index contributed by atoms with van der Waals surface area (Å²) in [5.74, 6) is -6.39. The molecule has 1 saturated carbocycles. The number of carboxylic acids is 2. The van der Waals surface area contributed by atoms with Crippen LogP contribution in [0.3, 0.4) is 0 Å². The first-order chi connectivity index (χ1) is 21.5. The Hall–Kier alpha value is -4.22. The second-order valence-electron chi connectivity index (χ2n) is 12.5. The molecule has 3 fully saturated rings. The van der Waals surface area contributed by atoms with Gasteiger partial charge in [0.15, 0.2) is 0 Å². The molecule has 2 aliphatic heterocycles. The van der Waals surface area contributed by atoms with Crippen molar-refractivity contribution in [3.63, 3.8) is 0 Å². The lowest BCUT2D eigenvalue weighted by molar-refractivity contribution is -0.142. The van der Waals surface area contributed by atoms with E-state index < -0.39 is 47.4 Å². The minimum Gasteiger partial charge on any atom is -0.508 e. The number of imide groups is 2. The molecule has 4 aliphatic rings. The van der Waals surface area contributed by atoms with E-state index in [0.717, 1.165) is 5.57 Å². The molecule has 2 aliphatic carbocycles. The number of amides is 4. The van der Waals surface area contributed by atoms with Crippen molar-refractivity contribution in [2.24, 2.45) is 29.6 Å². The zero-order valence-electron chi connectivity index (χ0n) is 25.4. The van der Waals surface area contributed by atoms with Gasteiger partial charge in [0.05, 0.1) is 30.8 Å². The van der Waals surface area contributed by atoms with Gasteiger partial charge in [0, 0.05) is 43.5 Å². The molecule has 2 heterocycles. The Morgan fingerprint density at radius 2 is 1.36 bits per heavy atom. The number of phenolic OH excluding ortho intramolecular Hbond substituents is 1. The van der Waals surface area contributed by atoms with E-state index >= 15 is 0 Å². The summed E-state index contributed by atoms with van der Waals surface area (Å²) in [5, 5.41) is 28.0. The van der Waals surface area contributed by atoms with E-state index in [-0.39, 0.29) is 61.7 Å². The fourth-order valence-corrected chi connectivity index (χ4v) is 7.91. The van der Waals surface area contributed by atoms with Crippen molar-refractivity contribution < 1.29 is 48.8 Å². The van der Waals surface area contributed by atoms with Crippen molar-refractivity contribution in [2.45, 2.75) is 70.1 Å². The van der Waals surface area contributed by atoms with Crippen molar-refractivity contribution in [1.29, 1.82) is 0 Å². The Kier molecular flexibility index (Phi) is 9.59. The fourth-order valence-electron chi connectivity index (χ4n) is 7.91. The number of carbonyl (C=O) groups excluding carboxylic acids is 4. The van der Waals surface area contributed by atoms with Crippen LogP contribution < -0.4 is 4.74 Å². The predicted octanol–water partition coefficient (Wildman–Crippen LogP) is 3.33. The Morgan fingerprint density at radius 3 is 1.93 bits per heavy atom. The summed E-state index contributed by atoms with van der Waals surface area (Å²) < 4.78 is 5.62. The smallest absolute Gasteiger partial charge is 0.303 e. The number of carbonyl (C=O) groups is 6. The van der Waals surface area contributed by atoms with E-state index in [2.05, 4.69) is 0 Å². The van der Waals surface area contributed by atoms with Crippen LogP contribution in [0.5, 0.6) is 11.5 Å². The van der Waals surface area contributed by atoms with Gasteiger partial charge in [-0.25, -0.2) is 0 Å². The highest BCUT2D eigenvalue weighted by molar-refractivity contribution is 6.08. The number of allylic oxidation sites excluding steroid dienone is 2. The van der Waals surface area contributed by atoms with Gasteiger partial charge in [-0.05, 0) is 50.5 Å². The third kappa shape index (κ3) is 6.19. The maximum absolute atomic E-state index is 14.0. The molecule has 1 aromatic carbocycles. The molecule has 12 heteroatoms. The van der Waals surface area contributed by atoms with E-state index in [0.29, 0.717) is 56.3 Å². The molecular formula is C33H40N2O10. The minimum absolute atomic E-state index is 0.0142. The first-order valence-electron chi connectivity index (χ1n) is 15.8. The van der Waals surface area contributed by atoms with E-state index in [1.807, 2.05) is 6.08 Å². The number of nitrogens with zero attached hydrogens (tertiary/aromatic N) is 2. The van der Waals surface area contributed by atoms with Gasteiger partial charge in [-0.15, -0.1) is 0 Å². The van der Waals surface area contributed by atoms with Crippen molar-refractivity contribution in [1.82, 2.24) is 9.80 Å². The van der Waals surface area contributed by atoms with Crippen molar-refractivity contribution >= 4 is 35.6 Å². The van der Waals surface area contributed by atoms with E-state index in [1.54, 1.807) is 6.07 Å². The van der Waals surface area contributed by atoms with Crippen molar-refractivity contribution in [2.75, 3.05) is 20.2 Å². The average Bonchev–Trinajstić information content (AvgIpc) is 3.39. The normalized spacial score (nSPS) is 27.3. The van der Waals surface area contributed by atoms with Gasteiger partial charge in [0.2, 0.25) is 23.6 Å². The second kappa shape index (κ2) is 13.4. The maximum Gasteiger partial charge on any atom is 0.303 e. The highest BCUT2D eigenvalue weighted by Crippen LogP contribution is 2.59. The number of ether oxygens (including phenoxy) is 1. The monoisotopic (exact) mass is 624 g/mol. The summed E-state index contributed by atoms with van der Waals surface area (Å²) in [6.07, 6.45) is 5.56. The molecule has 2 saturated heterocycles. The zero-order chi connectivity index (χ0) is 32.4. The quantitative estimate of drug-likeness (QED) is 0.158. The van der Waals surface area contributed by atoms with Crippen LogP contribution in [0.25, 0.3) is 0 Å². The molecule has 6 unspecified atom stereocenters. The fraction of sp³-hybridized carbons (Fsp3) is 0.576. The average molecular weight is 625 g/mol. The number of hydrogen-bond donors (Lipinski definition) is 3. The first kappa shape index (κ1) is 32.2. The molecule has 242 valence electrons. The van der Waals surface area contributed by atoms with Gasteiger partial charge in [-0.3, -0.25) is 38.6 Å². The summed E-state index contributed by atoms with van der Waals surface area (Å²) in [4.78, 5) is 79.5. The van der Waals surface area contributed by atoms with Gasteiger partial charge in [0.1, 0.15) is 11.5 Å². The van der Waals surface area contributed by atoms with Crippen LogP contribution in [0.1, 0.15) is 75.7 Å². The van der Waals surface area contributed by atoms with Gasteiger partial charge in [-0.2, -0.15) is 0 Å². The number of fused-ring (bicyclic) bond motifs is 4. The van der Waals surface area contributed by atoms with Gasteiger partial charge in [0.25, 0.3) is 0 Å². The number of unbranched alkanes of at least 4 members (excludes halogenated alkanes) is 4. The summed E-state index contributed by atoms with van der Waals surface area (Å²) in [6, 6.07) is 4.64. The molecule has 6 atom stereocenters. The predicted molar refractivity (Wildman–Crippen MR) is 158 cm³/mol.